The molecule has 0 spiro atoms. The molecule has 1 aromatic heterocycles. The smallest absolute Gasteiger partial charge is 0.170 e. The quantitative estimate of drug-likeness (QED) is 0.806. The van der Waals surface area contributed by atoms with Crippen LogP contribution >= 0.6 is 12.2 Å². The molecule has 5 heteroatoms. The number of hydrogen-bond acceptors (Lipinski definition) is 3. The van der Waals surface area contributed by atoms with Gasteiger partial charge in [-0.2, -0.15) is 0 Å². The molecule has 25 heavy (non-hydrogen) atoms. The fourth-order valence-corrected chi connectivity index (χ4v) is 4.60. The second-order valence-electron chi connectivity index (χ2n) is 7.12. The standard InChI is InChI=1S/C20H25N3OS/c25-20(21-15-6-2-1-3-7-15)22-16-12-17-8-4-9-18(13-16)23(17)14-19-10-5-11-24-19/h1-3,5-7,10-11,16-18H,4,8-9,12-14H2,(H2,21,22,25)/t17-,18-/m1/s1. The highest BCUT2D eigenvalue weighted by Gasteiger charge is 2.38. The largest absolute Gasteiger partial charge is 0.468 e. The van der Waals surface area contributed by atoms with Crippen molar-refractivity contribution in [3.8, 4) is 0 Å². The maximum atomic E-state index is 5.57. The number of nitrogens with zero attached hydrogens (tertiary/aromatic N) is 1. The maximum Gasteiger partial charge on any atom is 0.170 e. The van der Waals surface area contributed by atoms with Crippen LogP contribution in [0.5, 0.6) is 0 Å². The first-order valence-corrected chi connectivity index (χ1v) is 9.59. The Kier molecular flexibility index (Phi) is 5.04. The Hall–Kier alpha value is -1.85. The number of nitrogens with one attached hydrogen (secondary N) is 2. The van der Waals surface area contributed by atoms with Gasteiger partial charge in [-0.15, -0.1) is 0 Å². The average molecular weight is 356 g/mol. The second kappa shape index (κ2) is 7.58. The minimum Gasteiger partial charge on any atom is -0.468 e. The second-order valence-corrected chi connectivity index (χ2v) is 7.53. The predicted octanol–water partition coefficient (Wildman–Crippen LogP) is 4.15. The molecule has 1 aromatic carbocycles. The van der Waals surface area contributed by atoms with E-state index in [1.54, 1.807) is 6.26 Å². The molecule has 2 N–H and O–H groups in total. The van der Waals surface area contributed by atoms with Gasteiger partial charge in [-0.25, -0.2) is 0 Å². The number of benzene rings is 1. The number of hydrogen-bond donors (Lipinski definition) is 2. The molecule has 0 amide bonds. The molecule has 132 valence electrons. The van der Waals surface area contributed by atoms with E-state index in [-0.39, 0.29) is 0 Å². The molecule has 4 rings (SSSR count). The molecular weight excluding hydrogens is 330 g/mol. The number of para-hydroxylation sites is 1. The number of anilines is 1. The van der Waals surface area contributed by atoms with E-state index in [4.69, 9.17) is 16.6 Å². The van der Waals surface area contributed by atoms with Crippen molar-refractivity contribution in [3.05, 3.63) is 54.5 Å². The molecule has 4 nitrogen and oxygen atoms in total. The van der Waals surface area contributed by atoms with Crippen molar-refractivity contribution in [3.63, 3.8) is 0 Å². The van der Waals surface area contributed by atoms with E-state index in [0.29, 0.717) is 18.1 Å². The van der Waals surface area contributed by atoms with Crippen LogP contribution in [-0.4, -0.2) is 28.1 Å². The molecule has 0 radical (unpaired) electrons. The summed E-state index contributed by atoms with van der Waals surface area (Å²) >= 11 is 5.52. The van der Waals surface area contributed by atoms with Crippen LogP contribution < -0.4 is 10.6 Å². The lowest BCUT2D eigenvalue weighted by atomic mass is 9.81. The summed E-state index contributed by atoms with van der Waals surface area (Å²) in [5.74, 6) is 1.07. The Bertz CT molecular complexity index is 674. The van der Waals surface area contributed by atoms with E-state index in [9.17, 15) is 0 Å². The van der Waals surface area contributed by atoms with Crippen molar-refractivity contribution < 1.29 is 4.42 Å². The number of piperidine rings is 2. The maximum absolute atomic E-state index is 5.57. The lowest BCUT2D eigenvalue weighted by Crippen LogP contribution is -2.56. The zero-order chi connectivity index (χ0) is 17.1. The Morgan fingerprint density at radius 3 is 2.52 bits per heavy atom. The summed E-state index contributed by atoms with van der Waals surface area (Å²) in [6.45, 7) is 0.932. The topological polar surface area (TPSA) is 40.4 Å². The summed E-state index contributed by atoms with van der Waals surface area (Å²) in [5.41, 5.74) is 1.04. The first kappa shape index (κ1) is 16.6. The number of thiocarbonyl (C=S) groups is 1. The molecule has 2 fully saturated rings. The SMILES string of the molecule is S=C(Nc1ccccc1)NC1C[C@H]2CCC[C@H](C1)N2Cc1ccco1. The average Bonchev–Trinajstić information content (AvgIpc) is 3.09. The lowest BCUT2D eigenvalue weighted by molar-refractivity contribution is 0.0161. The highest BCUT2D eigenvalue weighted by Crippen LogP contribution is 2.35. The summed E-state index contributed by atoms with van der Waals surface area (Å²) in [7, 11) is 0. The summed E-state index contributed by atoms with van der Waals surface area (Å²) in [6.07, 6.45) is 7.95. The Morgan fingerprint density at radius 2 is 1.84 bits per heavy atom. The lowest BCUT2D eigenvalue weighted by Gasteiger charge is -2.48. The van der Waals surface area contributed by atoms with Crippen LogP contribution in [0.25, 0.3) is 0 Å². The van der Waals surface area contributed by atoms with Gasteiger partial charge in [0, 0.05) is 23.8 Å². The first-order chi connectivity index (χ1) is 12.3. The monoisotopic (exact) mass is 355 g/mol. The van der Waals surface area contributed by atoms with Gasteiger partial charge >= 0.3 is 0 Å². The first-order valence-electron chi connectivity index (χ1n) is 9.18. The van der Waals surface area contributed by atoms with Crippen LogP contribution in [0.3, 0.4) is 0 Å². The van der Waals surface area contributed by atoms with Crippen LogP contribution in [0, 0.1) is 0 Å². The Labute approximate surface area is 154 Å². The van der Waals surface area contributed by atoms with Gasteiger partial charge in [0.1, 0.15) is 5.76 Å². The van der Waals surface area contributed by atoms with Gasteiger partial charge in [-0.1, -0.05) is 24.6 Å². The highest BCUT2D eigenvalue weighted by atomic mass is 32.1. The van der Waals surface area contributed by atoms with Crippen LogP contribution in [-0.2, 0) is 6.54 Å². The number of rotatable bonds is 4. The molecule has 2 aliphatic rings. The highest BCUT2D eigenvalue weighted by molar-refractivity contribution is 7.80. The van der Waals surface area contributed by atoms with Gasteiger partial charge in [0.2, 0.25) is 0 Å². The fraction of sp³-hybridized carbons (Fsp3) is 0.450. The summed E-state index contributed by atoms with van der Waals surface area (Å²) in [4.78, 5) is 2.65. The van der Waals surface area contributed by atoms with E-state index in [2.05, 4.69) is 21.6 Å². The molecule has 2 saturated heterocycles. The predicted molar refractivity (Wildman–Crippen MR) is 104 cm³/mol. The Morgan fingerprint density at radius 1 is 1.08 bits per heavy atom. The van der Waals surface area contributed by atoms with Crippen molar-refractivity contribution in [2.75, 3.05) is 5.32 Å². The minimum absolute atomic E-state index is 0.451. The summed E-state index contributed by atoms with van der Waals surface area (Å²) < 4.78 is 5.57. The Balaban J connectivity index is 1.35. The van der Waals surface area contributed by atoms with E-state index in [1.807, 2.05) is 36.4 Å². The van der Waals surface area contributed by atoms with Gasteiger partial charge in [0.25, 0.3) is 0 Å². The molecule has 3 heterocycles. The minimum atomic E-state index is 0.451. The molecule has 0 unspecified atom stereocenters. The molecule has 0 saturated carbocycles. The summed E-state index contributed by atoms with van der Waals surface area (Å²) in [5, 5.41) is 7.57. The van der Waals surface area contributed by atoms with E-state index >= 15 is 0 Å². The third kappa shape index (κ3) is 4.05. The van der Waals surface area contributed by atoms with Gasteiger partial charge in [0.15, 0.2) is 5.11 Å². The van der Waals surface area contributed by atoms with E-state index in [1.165, 1.54) is 19.3 Å². The molecule has 2 bridgehead atoms. The van der Waals surface area contributed by atoms with Gasteiger partial charge in [-0.05, 0) is 62.2 Å². The van der Waals surface area contributed by atoms with Gasteiger partial charge in [-0.3, -0.25) is 4.90 Å². The molecule has 0 aliphatic carbocycles. The van der Waals surface area contributed by atoms with E-state index in [0.717, 1.165) is 35.9 Å². The molecule has 2 aromatic rings. The zero-order valence-electron chi connectivity index (χ0n) is 14.4. The molecular formula is C20H25N3OS. The van der Waals surface area contributed by atoms with Gasteiger partial charge < -0.3 is 15.1 Å². The molecule has 2 atom stereocenters. The van der Waals surface area contributed by atoms with Crippen LogP contribution in [0.2, 0.25) is 0 Å². The van der Waals surface area contributed by atoms with E-state index < -0.39 is 0 Å². The van der Waals surface area contributed by atoms with Crippen molar-refractivity contribution in [1.82, 2.24) is 10.2 Å². The normalized spacial score (nSPS) is 26.2. The van der Waals surface area contributed by atoms with Crippen LogP contribution in [0.1, 0.15) is 37.9 Å². The zero-order valence-corrected chi connectivity index (χ0v) is 15.2. The van der Waals surface area contributed by atoms with Gasteiger partial charge in [0.05, 0.1) is 12.8 Å². The summed E-state index contributed by atoms with van der Waals surface area (Å²) in [6, 6.07) is 15.9. The van der Waals surface area contributed by atoms with Crippen LogP contribution in [0.15, 0.2) is 53.1 Å². The van der Waals surface area contributed by atoms with Crippen LogP contribution in [0.4, 0.5) is 5.69 Å². The number of furan rings is 1. The van der Waals surface area contributed by atoms with Crippen molar-refractivity contribution in [1.29, 1.82) is 0 Å². The third-order valence-corrected chi connectivity index (χ3v) is 5.63. The van der Waals surface area contributed by atoms with Crippen molar-refractivity contribution >= 4 is 23.0 Å². The third-order valence-electron chi connectivity index (χ3n) is 5.41. The number of fused-ring (bicyclic) bond motifs is 2. The van der Waals surface area contributed by atoms with Crippen molar-refractivity contribution in [2.45, 2.75) is 56.8 Å². The van der Waals surface area contributed by atoms with Crippen molar-refractivity contribution in [2.24, 2.45) is 0 Å². The molecule has 2 aliphatic heterocycles. The fourth-order valence-electron chi connectivity index (χ4n) is 4.31.